The highest BCUT2D eigenvalue weighted by Crippen LogP contribution is 2.23. The normalized spacial score (nSPS) is 10.9. The molecule has 64 valence electrons. The molecular weight excluding hydrogens is 239 g/mol. The molecule has 0 aliphatic carbocycles. The first-order valence-corrected chi connectivity index (χ1v) is 4.63. The number of hydrogen-bond acceptors (Lipinski definition) is 1. The quantitative estimate of drug-likeness (QED) is 0.851. The molecule has 0 aliphatic rings. The van der Waals surface area contributed by atoms with Crippen LogP contribution in [-0.4, -0.2) is 11.7 Å². The van der Waals surface area contributed by atoms with Gasteiger partial charge in [0, 0.05) is 4.47 Å². The van der Waals surface area contributed by atoms with Gasteiger partial charge in [-0.05, 0) is 33.6 Å². The predicted octanol–water partition coefficient (Wildman–Crippen LogP) is 3.11. The van der Waals surface area contributed by atoms with Crippen molar-refractivity contribution in [2.24, 2.45) is 0 Å². The molecule has 0 aliphatic heterocycles. The number of aliphatic hydroxyl groups excluding tert-OH is 1. The van der Waals surface area contributed by atoms with E-state index in [-0.39, 0.29) is 6.61 Å². The smallest absolute Gasteiger partial charge is 0.0615 e. The van der Waals surface area contributed by atoms with Crippen LogP contribution in [0.4, 0.5) is 0 Å². The van der Waals surface area contributed by atoms with Crippen LogP contribution >= 0.6 is 27.5 Å². The summed E-state index contributed by atoms with van der Waals surface area (Å²) < 4.78 is 0.880. The maximum absolute atomic E-state index is 8.52. The van der Waals surface area contributed by atoms with E-state index in [1.165, 1.54) is 0 Å². The molecule has 1 N–H and O–H groups in total. The summed E-state index contributed by atoms with van der Waals surface area (Å²) in [5.74, 6) is 0. The number of halogens is 2. The van der Waals surface area contributed by atoms with Gasteiger partial charge in [-0.3, -0.25) is 0 Å². The topological polar surface area (TPSA) is 20.2 Å². The van der Waals surface area contributed by atoms with E-state index >= 15 is 0 Å². The first-order chi connectivity index (χ1) is 5.74. The fourth-order valence-electron chi connectivity index (χ4n) is 0.805. The van der Waals surface area contributed by atoms with Gasteiger partial charge in [0.2, 0.25) is 0 Å². The Bertz CT molecular complexity index is 297. The fraction of sp³-hybridized carbons (Fsp3) is 0.111. The third-order valence-corrected chi connectivity index (χ3v) is 2.59. The van der Waals surface area contributed by atoms with Gasteiger partial charge in [-0.15, -0.1) is 0 Å². The van der Waals surface area contributed by atoms with E-state index in [0.717, 1.165) is 10.0 Å². The van der Waals surface area contributed by atoms with Crippen LogP contribution in [0.2, 0.25) is 5.02 Å². The molecule has 1 aromatic carbocycles. The number of hydrogen-bond donors (Lipinski definition) is 1. The largest absolute Gasteiger partial charge is 0.392 e. The summed E-state index contributed by atoms with van der Waals surface area (Å²) in [6, 6.07) is 5.62. The van der Waals surface area contributed by atoms with Gasteiger partial charge in [0.1, 0.15) is 0 Å². The lowest BCUT2D eigenvalue weighted by Gasteiger charge is -1.96. The molecule has 3 heteroatoms. The number of rotatable bonds is 2. The Hall–Kier alpha value is -0.310. The van der Waals surface area contributed by atoms with Crippen molar-refractivity contribution >= 4 is 33.6 Å². The van der Waals surface area contributed by atoms with Crippen LogP contribution in [-0.2, 0) is 0 Å². The van der Waals surface area contributed by atoms with E-state index in [9.17, 15) is 0 Å². The van der Waals surface area contributed by atoms with Crippen molar-refractivity contribution in [2.75, 3.05) is 6.61 Å². The van der Waals surface area contributed by atoms with Gasteiger partial charge in [0.25, 0.3) is 0 Å². The highest BCUT2D eigenvalue weighted by atomic mass is 79.9. The lowest BCUT2D eigenvalue weighted by Crippen LogP contribution is -1.75. The van der Waals surface area contributed by atoms with Gasteiger partial charge in [-0.25, -0.2) is 0 Å². The Kier molecular flexibility index (Phi) is 3.79. The molecule has 0 bridgehead atoms. The minimum atomic E-state index is 0.0493. The Morgan fingerprint density at radius 3 is 2.83 bits per heavy atom. The van der Waals surface area contributed by atoms with Crippen LogP contribution in [0, 0.1) is 0 Å². The minimum absolute atomic E-state index is 0.0493. The molecule has 0 saturated carbocycles. The van der Waals surface area contributed by atoms with Gasteiger partial charge in [-0.1, -0.05) is 29.8 Å². The molecule has 0 unspecified atom stereocenters. The Morgan fingerprint density at radius 2 is 2.25 bits per heavy atom. The standard InChI is InChI=1S/C9H8BrClO/c10-8-4-3-7(2-1-5-12)6-9(8)11/h1-4,6,12H,5H2. The second-order valence-electron chi connectivity index (χ2n) is 2.26. The van der Waals surface area contributed by atoms with Crippen LogP contribution in [0.25, 0.3) is 6.08 Å². The van der Waals surface area contributed by atoms with Crippen LogP contribution < -0.4 is 0 Å². The van der Waals surface area contributed by atoms with E-state index in [0.29, 0.717) is 5.02 Å². The fourth-order valence-corrected chi connectivity index (χ4v) is 1.24. The second kappa shape index (κ2) is 4.65. The van der Waals surface area contributed by atoms with Crippen molar-refractivity contribution in [1.82, 2.24) is 0 Å². The van der Waals surface area contributed by atoms with Crippen LogP contribution in [0.15, 0.2) is 28.7 Å². The third kappa shape index (κ3) is 2.63. The van der Waals surface area contributed by atoms with Gasteiger partial charge in [0.05, 0.1) is 11.6 Å². The molecular formula is C9H8BrClO. The zero-order chi connectivity index (χ0) is 8.97. The molecule has 0 heterocycles. The molecule has 0 amide bonds. The lowest BCUT2D eigenvalue weighted by molar-refractivity contribution is 0.343. The Labute approximate surface area is 84.8 Å². The zero-order valence-corrected chi connectivity index (χ0v) is 8.64. The van der Waals surface area contributed by atoms with Crippen molar-refractivity contribution in [2.45, 2.75) is 0 Å². The summed E-state index contributed by atoms with van der Waals surface area (Å²) in [5, 5.41) is 9.20. The van der Waals surface area contributed by atoms with Crippen molar-refractivity contribution in [1.29, 1.82) is 0 Å². The molecule has 0 atom stereocenters. The lowest BCUT2D eigenvalue weighted by atomic mass is 10.2. The summed E-state index contributed by atoms with van der Waals surface area (Å²) in [4.78, 5) is 0. The maximum atomic E-state index is 8.52. The van der Waals surface area contributed by atoms with Gasteiger partial charge in [0.15, 0.2) is 0 Å². The predicted molar refractivity (Wildman–Crippen MR) is 55.3 cm³/mol. The molecule has 0 saturated heterocycles. The molecule has 0 aromatic heterocycles. The molecule has 1 aromatic rings. The van der Waals surface area contributed by atoms with Gasteiger partial charge >= 0.3 is 0 Å². The van der Waals surface area contributed by atoms with Crippen molar-refractivity contribution in [3.05, 3.63) is 39.3 Å². The molecule has 1 rings (SSSR count). The highest BCUT2D eigenvalue weighted by Gasteiger charge is 1.95. The average Bonchev–Trinajstić information content (AvgIpc) is 2.07. The highest BCUT2D eigenvalue weighted by molar-refractivity contribution is 9.10. The van der Waals surface area contributed by atoms with Gasteiger partial charge < -0.3 is 5.11 Å². The summed E-state index contributed by atoms with van der Waals surface area (Å²) in [7, 11) is 0. The van der Waals surface area contributed by atoms with Gasteiger partial charge in [-0.2, -0.15) is 0 Å². The van der Waals surface area contributed by atoms with E-state index in [1.807, 2.05) is 24.3 Å². The number of benzene rings is 1. The van der Waals surface area contributed by atoms with E-state index in [2.05, 4.69) is 15.9 Å². The molecule has 1 nitrogen and oxygen atoms in total. The van der Waals surface area contributed by atoms with E-state index < -0.39 is 0 Å². The number of aliphatic hydroxyl groups is 1. The molecule has 0 spiro atoms. The Morgan fingerprint density at radius 1 is 1.50 bits per heavy atom. The van der Waals surface area contributed by atoms with Crippen molar-refractivity contribution in [3.8, 4) is 0 Å². The molecule has 12 heavy (non-hydrogen) atoms. The first-order valence-electron chi connectivity index (χ1n) is 3.46. The van der Waals surface area contributed by atoms with Crippen molar-refractivity contribution < 1.29 is 5.11 Å². The average molecular weight is 248 g/mol. The summed E-state index contributed by atoms with van der Waals surface area (Å²) in [6.45, 7) is 0.0493. The monoisotopic (exact) mass is 246 g/mol. The van der Waals surface area contributed by atoms with Crippen molar-refractivity contribution in [3.63, 3.8) is 0 Å². The summed E-state index contributed by atoms with van der Waals surface area (Å²) in [6.07, 6.45) is 3.48. The summed E-state index contributed by atoms with van der Waals surface area (Å²) >= 11 is 9.14. The Balaban J connectivity index is 2.89. The SMILES string of the molecule is OCC=Cc1ccc(Br)c(Cl)c1. The van der Waals surface area contributed by atoms with Crippen LogP contribution in [0.3, 0.4) is 0 Å². The molecule has 0 radical (unpaired) electrons. The minimum Gasteiger partial charge on any atom is -0.392 e. The van der Waals surface area contributed by atoms with E-state index in [1.54, 1.807) is 6.08 Å². The van der Waals surface area contributed by atoms with Crippen LogP contribution in [0.1, 0.15) is 5.56 Å². The maximum Gasteiger partial charge on any atom is 0.0615 e. The van der Waals surface area contributed by atoms with E-state index in [4.69, 9.17) is 16.7 Å². The second-order valence-corrected chi connectivity index (χ2v) is 3.52. The first kappa shape index (κ1) is 9.78. The summed E-state index contributed by atoms with van der Waals surface area (Å²) in [5.41, 5.74) is 0.984. The van der Waals surface area contributed by atoms with Crippen LogP contribution in [0.5, 0.6) is 0 Å². The molecule has 0 fully saturated rings. The third-order valence-electron chi connectivity index (χ3n) is 1.36. The zero-order valence-electron chi connectivity index (χ0n) is 6.30.